The molecule has 3 amide bonds. The summed E-state index contributed by atoms with van der Waals surface area (Å²) in [5.74, 6) is 0.156. The Hall–Kier alpha value is -4.69. The summed E-state index contributed by atoms with van der Waals surface area (Å²) in [5.41, 5.74) is 7.53. The molecular weight excluding hydrogens is 504 g/mol. The van der Waals surface area contributed by atoms with Gasteiger partial charge in [0.25, 0.3) is 5.91 Å². The van der Waals surface area contributed by atoms with Crippen LogP contribution in [0.15, 0.2) is 91.0 Å². The van der Waals surface area contributed by atoms with Crippen molar-refractivity contribution in [1.29, 1.82) is 0 Å². The minimum absolute atomic E-state index is 0.00649. The molecule has 0 radical (unpaired) electrons. The van der Waals surface area contributed by atoms with Crippen molar-refractivity contribution in [3.05, 3.63) is 102 Å². The Labute approximate surface area is 233 Å². The molecule has 0 bridgehead atoms. The molecule has 0 saturated carbocycles. The maximum absolute atomic E-state index is 13.5. The van der Waals surface area contributed by atoms with Gasteiger partial charge in [0, 0.05) is 25.9 Å². The topological polar surface area (TPSA) is 114 Å². The van der Waals surface area contributed by atoms with Crippen LogP contribution in [-0.2, 0) is 16.0 Å². The summed E-state index contributed by atoms with van der Waals surface area (Å²) in [5, 5.41) is 7.95. The first kappa shape index (κ1) is 26.9. The van der Waals surface area contributed by atoms with Gasteiger partial charge in [-0.2, -0.15) is 0 Å². The van der Waals surface area contributed by atoms with Crippen LogP contribution in [0, 0.1) is 0 Å². The Balaban J connectivity index is 1.31. The lowest BCUT2D eigenvalue weighted by atomic mass is 10.0. The minimum atomic E-state index is -0.775. The van der Waals surface area contributed by atoms with Gasteiger partial charge < -0.3 is 26.0 Å². The molecule has 0 unspecified atom stereocenters. The molecule has 4 aromatic rings. The van der Waals surface area contributed by atoms with Gasteiger partial charge in [0.1, 0.15) is 11.8 Å². The lowest BCUT2D eigenvalue weighted by Crippen LogP contribution is -2.49. The van der Waals surface area contributed by atoms with Gasteiger partial charge in [-0.1, -0.05) is 66.7 Å². The third-order valence-electron chi connectivity index (χ3n) is 6.89. The van der Waals surface area contributed by atoms with Crippen LogP contribution in [0.3, 0.4) is 0 Å². The van der Waals surface area contributed by atoms with E-state index in [0.717, 1.165) is 16.3 Å². The van der Waals surface area contributed by atoms with Crippen molar-refractivity contribution in [3.63, 3.8) is 0 Å². The monoisotopic (exact) mass is 536 g/mol. The van der Waals surface area contributed by atoms with Crippen LogP contribution in [0.1, 0.15) is 28.8 Å². The van der Waals surface area contributed by atoms with Crippen LogP contribution in [0.5, 0.6) is 11.5 Å². The van der Waals surface area contributed by atoms with E-state index >= 15 is 0 Å². The lowest BCUT2D eigenvalue weighted by Gasteiger charge is -2.23. The van der Waals surface area contributed by atoms with Gasteiger partial charge in [-0.15, -0.1) is 0 Å². The number of carbonyl (C=O) groups excluding carboxylic acids is 3. The number of fused-ring (bicyclic) bond motifs is 3. The molecule has 8 nitrogen and oxygen atoms in total. The van der Waals surface area contributed by atoms with Crippen molar-refractivity contribution in [2.45, 2.75) is 25.3 Å². The maximum atomic E-state index is 13.5. The van der Waals surface area contributed by atoms with E-state index in [4.69, 9.17) is 10.5 Å². The Morgan fingerprint density at radius 2 is 1.60 bits per heavy atom. The number of para-hydroxylation sites is 3. The Morgan fingerprint density at radius 3 is 2.42 bits per heavy atom. The van der Waals surface area contributed by atoms with Crippen LogP contribution >= 0.6 is 0 Å². The summed E-state index contributed by atoms with van der Waals surface area (Å²) < 4.78 is 6.02. The molecule has 0 fully saturated rings. The van der Waals surface area contributed by atoms with E-state index in [1.165, 1.54) is 0 Å². The molecule has 1 atom stereocenters. The third kappa shape index (κ3) is 6.13. The lowest BCUT2D eigenvalue weighted by molar-refractivity contribution is -0.128. The fourth-order valence-electron chi connectivity index (χ4n) is 4.82. The van der Waals surface area contributed by atoms with Crippen molar-refractivity contribution in [1.82, 2.24) is 10.6 Å². The molecule has 1 aliphatic rings. The zero-order valence-corrected chi connectivity index (χ0v) is 22.1. The van der Waals surface area contributed by atoms with E-state index in [2.05, 4.69) is 10.6 Å². The molecule has 0 saturated heterocycles. The number of nitrogens with two attached hydrogens (primary N) is 1. The van der Waals surface area contributed by atoms with E-state index in [9.17, 15) is 14.4 Å². The van der Waals surface area contributed by atoms with Crippen LogP contribution in [0.2, 0.25) is 0 Å². The van der Waals surface area contributed by atoms with E-state index < -0.39 is 6.04 Å². The number of anilines is 1. The summed E-state index contributed by atoms with van der Waals surface area (Å²) in [4.78, 5) is 41.3. The summed E-state index contributed by atoms with van der Waals surface area (Å²) in [6, 6.07) is 27.5. The van der Waals surface area contributed by atoms with Gasteiger partial charge in [0.2, 0.25) is 11.8 Å². The number of nitrogens with one attached hydrogen (secondary N) is 2. The number of amides is 3. The van der Waals surface area contributed by atoms with Crippen molar-refractivity contribution in [2.75, 3.05) is 24.5 Å². The predicted molar refractivity (Wildman–Crippen MR) is 156 cm³/mol. The first-order chi connectivity index (χ1) is 19.5. The van der Waals surface area contributed by atoms with Gasteiger partial charge in [-0.25, -0.2) is 0 Å². The molecule has 4 N–H and O–H groups in total. The van der Waals surface area contributed by atoms with Gasteiger partial charge in [0.05, 0.1) is 11.3 Å². The van der Waals surface area contributed by atoms with E-state index in [1.807, 2.05) is 60.7 Å². The zero-order chi connectivity index (χ0) is 27.9. The van der Waals surface area contributed by atoms with Crippen LogP contribution in [0.25, 0.3) is 10.8 Å². The molecule has 0 spiro atoms. The van der Waals surface area contributed by atoms with Crippen molar-refractivity contribution in [2.24, 2.45) is 5.73 Å². The van der Waals surface area contributed by atoms with E-state index in [0.29, 0.717) is 48.7 Å². The SMILES string of the molecule is NCCCNC(=O)[C@@H](Cc1ccc2ccccc2c1)NC(=O)CCN1C(=O)c2ccccc2Oc2ccccc21. The van der Waals surface area contributed by atoms with Gasteiger partial charge >= 0.3 is 0 Å². The number of rotatable bonds is 10. The van der Waals surface area contributed by atoms with Gasteiger partial charge in [0.15, 0.2) is 5.75 Å². The minimum Gasteiger partial charge on any atom is -0.454 e. The Kier molecular flexibility index (Phi) is 8.37. The standard InChI is InChI=1S/C32H32N4O4/c33-17-7-18-34-31(38)26(21-22-14-15-23-8-1-2-9-24(23)20-22)35-30(37)16-19-36-27-11-4-6-13-29(27)40-28-12-5-3-10-25(28)32(36)39/h1-6,8-15,20,26H,7,16-19,21,33H2,(H,34,38)(H,35,37)/t26-/m1/s1. The average molecular weight is 537 g/mol. The molecule has 0 aliphatic carbocycles. The predicted octanol–water partition coefficient (Wildman–Crippen LogP) is 4.17. The highest BCUT2D eigenvalue weighted by atomic mass is 16.5. The molecule has 4 aromatic carbocycles. The summed E-state index contributed by atoms with van der Waals surface area (Å²) in [6.07, 6.45) is 0.979. The molecular formula is C32H32N4O4. The van der Waals surface area contributed by atoms with Crippen molar-refractivity contribution in [3.8, 4) is 11.5 Å². The van der Waals surface area contributed by atoms with Crippen molar-refractivity contribution < 1.29 is 19.1 Å². The molecule has 5 rings (SSSR count). The maximum Gasteiger partial charge on any atom is 0.262 e. The summed E-state index contributed by atoms with van der Waals surface area (Å²) >= 11 is 0. The molecule has 204 valence electrons. The highest BCUT2D eigenvalue weighted by molar-refractivity contribution is 6.10. The number of benzene rings is 4. The van der Waals surface area contributed by atoms with E-state index in [1.54, 1.807) is 35.2 Å². The fourth-order valence-corrected chi connectivity index (χ4v) is 4.82. The number of hydrogen-bond donors (Lipinski definition) is 3. The second kappa shape index (κ2) is 12.4. The molecule has 1 heterocycles. The Morgan fingerprint density at radius 1 is 0.875 bits per heavy atom. The van der Waals surface area contributed by atoms with Crippen LogP contribution in [-0.4, -0.2) is 43.4 Å². The van der Waals surface area contributed by atoms with E-state index in [-0.39, 0.29) is 30.7 Å². The molecule has 8 heteroatoms. The number of carbonyl (C=O) groups is 3. The largest absolute Gasteiger partial charge is 0.454 e. The summed E-state index contributed by atoms with van der Waals surface area (Å²) in [7, 11) is 0. The summed E-state index contributed by atoms with van der Waals surface area (Å²) in [6.45, 7) is 1.01. The van der Waals surface area contributed by atoms with Gasteiger partial charge in [-0.05, 0) is 53.6 Å². The van der Waals surface area contributed by atoms with Crippen LogP contribution < -0.4 is 26.0 Å². The molecule has 1 aliphatic heterocycles. The highest BCUT2D eigenvalue weighted by Gasteiger charge is 2.29. The smallest absolute Gasteiger partial charge is 0.262 e. The third-order valence-corrected chi connectivity index (χ3v) is 6.89. The average Bonchev–Trinajstić information content (AvgIpc) is 3.09. The van der Waals surface area contributed by atoms with Crippen LogP contribution in [0.4, 0.5) is 5.69 Å². The van der Waals surface area contributed by atoms with Crippen molar-refractivity contribution >= 4 is 34.2 Å². The first-order valence-electron chi connectivity index (χ1n) is 13.5. The quantitative estimate of drug-likeness (QED) is 0.263. The number of ether oxygens (including phenoxy) is 1. The second-order valence-electron chi connectivity index (χ2n) is 9.71. The fraction of sp³-hybridized carbons (Fsp3) is 0.219. The number of hydrogen-bond acceptors (Lipinski definition) is 5. The Bertz CT molecular complexity index is 1540. The number of nitrogens with zero attached hydrogens (tertiary/aromatic N) is 1. The zero-order valence-electron chi connectivity index (χ0n) is 22.1. The molecule has 40 heavy (non-hydrogen) atoms. The molecule has 0 aromatic heterocycles. The van der Waals surface area contributed by atoms with Gasteiger partial charge in [-0.3, -0.25) is 14.4 Å². The second-order valence-corrected chi connectivity index (χ2v) is 9.71. The first-order valence-corrected chi connectivity index (χ1v) is 13.5. The normalized spacial score (nSPS) is 13.0. The highest BCUT2D eigenvalue weighted by Crippen LogP contribution is 2.38.